The van der Waals surface area contributed by atoms with E-state index >= 15 is 0 Å². The molecule has 0 atom stereocenters. The monoisotopic (exact) mass is 344 g/mol. The van der Waals surface area contributed by atoms with Crippen LogP contribution in [0.1, 0.15) is 5.56 Å². The van der Waals surface area contributed by atoms with Gasteiger partial charge in [-0.2, -0.15) is 0 Å². The summed E-state index contributed by atoms with van der Waals surface area (Å²) in [5.74, 6) is 0.625. The lowest BCUT2D eigenvalue weighted by atomic mass is 10.2. The lowest BCUT2D eigenvalue weighted by Gasteiger charge is -2.01. The molecule has 1 heterocycles. The molecule has 6 nitrogen and oxygen atoms in total. The van der Waals surface area contributed by atoms with Gasteiger partial charge in [0.25, 0.3) is 0 Å². The van der Waals surface area contributed by atoms with Gasteiger partial charge in [0.1, 0.15) is 0 Å². The molecular formula is C12H16N4O2S3. The molecule has 0 aliphatic rings. The van der Waals surface area contributed by atoms with Crippen LogP contribution < -0.4 is 10.0 Å². The number of nitrogens with zero attached hydrogens (tertiary/aromatic N) is 2. The van der Waals surface area contributed by atoms with Crippen molar-refractivity contribution in [2.24, 2.45) is 0 Å². The van der Waals surface area contributed by atoms with Crippen molar-refractivity contribution in [2.75, 3.05) is 23.9 Å². The Morgan fingerprint density at radius 3 is 2.71 bits per heavy atom. The number of sulfonamides is 1. The normalized spacial score (nSPS) is 11.5. The highest BCUT2D eigenvalue weighted by atomic mass is 32.2. The molecule has 2 aromatic rings. The van der Waals surface area contributed by atoms with E-state index in [0.717, 1.165) is 15.7 Å². The Morgan fingerprint density at radius 2 is 2.00 bits per heavy atom. The van der Waals surface area contributed by atoms with E-state index in [1.165, 1.54) is 28.7 Å². The van der Waals surface area contributed by atoms with Crippen molar-refractivity contribution in [1.29, 1.82) is 0 Å². The summed E-state index contributed by atoms with van der Waals surface area (Å²) in [5.41, 5.74) is 1.18. The van der Waals surface area contributed by atoms with Gasteiger partial charge in [-0.15, -0.1) is 10.2 Å². The Labute approximate surface area is 132 Å². The van der Waals surface area contributed by atoms with Crippen molar-refractivity contribution in [3.63, 3.8) is 0 Å². The minimum Gasteiger partial charge on any atom is -0.356 e. The van der Waals surface area contributed by atoms with Crippen LogP contribution in [-0.2, 0) is 16.6 Å². The summed E-state index contributed by atoms with van der Waals surface area (Å²) < 4.78 is 25.1. The third-order valence-corrected chi connectivity index (χ3v) is 5.13. The standard InChI is InChI=1S/C12H16N4O2S3/c1-21(17,18)14-7-8-19-12-16-15-11(20-12)13-9-10-5-3-2-4-6-10/h2-6,14H,7-9H2,1H3,(H,13,15). The predicted octanol–water partition coefficient (Wildman–Crippen LogP) is 1.79. The molecule has 0 radical (unpaired) electrons. The number of hydrogen-bond acceptors (Lipinski definition) is 7. The lowest BCUT2D eigenvalue weighted by molar-refractivity contribution is 0.590. The van der Waals surface area contributed by atoms with Gasteiger partial charge in [0, 0.05) is 18.8 Å². The fourth-order valence-electron chi connectivity index (χ4n) is 1.48. The summed E-state index contributed by atoms with van der Waals surface area (Å²) in [6.07, 6.45) is 1.15. The van der Waals surface area contributed by atoms with Crippen LogP contribution in [0.2, 0.25) is 0 Å². The van der Waals surface area contributed by atoms with Crippen LogP contribution in [0.3, 0.4) is 0 Å². The van der Waals surface area contributed by atoms with Crippen LogP contribution in [0.25, 0.3) is 0 Å². The Bertz CT molecular complexity index is 658. The van der Waals surface area contributed by atoms with Crippen molar-refractivity contribution in [3.8, 4) is 0 Å². The first-order valence-electron chi connectivity index (χ1n) is 6.22. The van der Waals surface area contributed by atoms with Gasteiger partial charge >= 0.3 is 0 Å². The predicted molar refractivity (Wildman–Crippen MR) is 87.2 cm³/mol. The average Bonchev–Trinajstić information content (AvgIpc) is 2.89. The summed E-state index contributed by atoms with van der Waals surface area (Å²) >= 11 is 2.94. The van der Waals surface area contributed by atoms with Crippen molar-refractivity contribution < 1.29 is 8.42 Å². The zero-order chi connectivity index (χ0) is 15.1. The molecule has 0 bridgehead atoms. The zero-order valence-electron chi connectivity index (χ0n) is 11.4. The number of aromatic nitrogens is 2. The first-order chi connectivity index (χ1) is 10.0. The largest absolute Gasteiger partial charge is 0.356 e. The Balaban J connectivity index is 1.74. The first kappa shape index (κ1) is 16.2. The molecule has 0 aliphatic carbocycles. The topological polar surface area (TPSA) is 84.0 Å². The summed E-state index contributed by atoms with van der Waals surface area (Å²) in [4.78, 5) is 0. The SMILES string of the molecule is CS(=O)(=O)NCCSc1nnc(NCc2ccccc2)s1. The Kier molecular flexibility index (Phi) is 5.97. The molecule has 0 saturated carbocycles. The van der Waals surface area contributed by atoms with Gasteiger partial charge in [-0.1, -0.05) is 53.4 Å². The van der Waals surface area contributed by atoms with Crippen molar-refractivity contribution in [2.45, 2.75) is 10.9 Å². The molecule has 0 amide bonds. The first-order valence-corrected chi connectivity index (χ1v) is 9.91. The van der Waals surface area contributed by atoms with Crippen molar-refractivity contribution in [3.05, 3.63) is 35.9 Å². The van der Waals surface area contributed by atoms with Gasteiger partial charge in [-0.3, -0.25) is 0 Å². The number of benzene rings is 1. The van der Waals surface area contributed by atoms with Crippen LogP contribution in [0.15, 0.2) is 34.7 Å². The van der Waals surface area contributed by atoms with E-state index in [2.05, 4.69) is 20.2 Å². The second-order valence-corrected chi connectivity index (χ2v) is 8.38. The number of anilines is 1. The Morgan fingerprint density at radius 1 is 1.24 bits per heavy atom. The molecule has 1 aromatic carbocycles. The fourth-order valence-corrected chi connectivity index (χ4v) is 3.75. The van der Waals surface area contributed by atoms with Crippen LogP contribution in [0.4, 0.5) is 5.13 Å². The van der Waals surface area contributed by atoms with E-state index in [4.69, 9.17) is 0 Å². The van der Waals surface area contributed by atoms with E-state index in [-0.39, 0.29) is 0 Å². The summed E-state index contributed by atoms with van der Waals surface area (Å²) in [7, 11) is -3.12. The van der Waals surface area contributed by atoms with Crippen LogP contribution in [0, 0.1) is 0 Å². The van der Waals surface area contributed by atoms with Crippen molar-refractivity contribution >= 4 is 38.3 Å². The molecule has 0 unspecified atom stereocenters. The number of thioether (sulfide) groups is 1. The summed E-state index contributed by atoms with van der Waals surface area (Å²) in [6, 6.07) is 10.1. The molecule has 2 N–H and O–H groups in total. The third-order valence-electron chi connectivity index (χ3n) is 2.38. The van der Waals surface area contributed by atoms with Gasteiger partial charge in [0.15, 0.2) is 4.34 Å². The molecular weight excluding hydrogens is 328 g/mol. The van der Waals surface area contributed by atoms with Crippen molar-refractivity contribution in [1.82, 2.24) is 14.9 Å². The van der Waals surface area contributed by atoms with Crippen LogP contribution in [0.5, 0.6) is 0 Å². The number of hydrogen-bond donors (Lipinski definition) is 2. The maximum atomic E-state index is 10.9. The smallest absolute Gasteiger partial charge is 0.208 e. The lowest BCUT2D eigenvalue weighted by Crippen LogP contribution is -2.24. The highest BCUT2D eigenvalue weighted by Gasteiger charge is 2.05. The molecule has 0 aliphatic heterocycles. The second-order valence-electron chi connectivity index (χ2n) is 4.23. The van der Waals surface area contributed by atoms with Gasteiger partial charge in [0.05, 0.1) is 6.26 Å². The zero-order valence-corrected chi connectivity index (χ0v) is 13.9. The molecule has 0 spiro atoms. The molecule has 9 heteroatoms. The molecule has 21 heavy (non-hydrogen) atoms. The molecule has 114 valence electrons. The van der Waals surface area contributed by atoms with Crippen LogP contribution in [-0.4, -0.2) is 37.2 Å². The fraction of sp³-hybridized carbons (Fsp3) is 0.333. The Hall–Kier alpha value is -1.16. The highest BCUT2D eigenvalue weighted by molar-refractivity contribution is 8.01. The average molecular weight is 344 g/mol. The number of rotatable bonds is 8. The quantitative estimate of drug-likeness (QED) is 0.561. The van der Waals surface area contributed by atoms with E-state index in [1.54, 1.807) is 0 Å². The van der Waals surface area contributed by atoms with Gasteiger partial charge in [0.2, 0.25) is 15.2 Å². The van der Waals surface area contributed by atoms with E-state index in [0.29, 0.717) is 18.8 Å². The van der Waals surface area contributed by atoms with Gasteiger partial charge in [-0.05, 0) is 5.56 Å². The minimum atomic E-state index is -3.12. The maximum Gasteiger partial charge on any atom is 0.208 e. The maximum absolute atomic E-state index is 10.9. The van der Waals surface area contributed by atoms with Crippen LogP contribution >= 0.6 is 23.1 Å². The van der Waals surface area contributed by atoms with E-state index in [9.17, 15) is 8.42 Å². The molecule has 0 saturated heterocycles. The van der Waals surface area contributed by atoms with Gasteiger partial charge in [-0.25, -0.2) is 13.1 Å². The molecule has 1 aromatic heterocycles. The van der Waals surface area contributed by atoms with E-state index in [1.807, 2.05) is 30.3 Å². The molecule has 0 fully saturated rings. The minimum absolute atomic E-state index is 0.385. The summed E-state index contributed by atoms with van der Waals surface area (Å²) in [6.45, 7) is 1.09. The van der Waals surface area contributed by atoms with E-state index < -0.39 is 10.0 Å². The molecule has 2 rings (SSSR count). The third kappa shape index (κ3) is 6.42. The second kappa shape index (κ2) is 7.74. The number of nitrogens with one attached hydrogen (secondary N) is 2. The highest BCUT2D eigenvalue weighted by Crippen LogP contribution is 2.25. The van der Waals surface area contributed by atoms with Gasteiger partial charge < -0.3 is 5.32 Å². The summed E-state index contributed by atoms with van der Waals surface area (Å²) in [5, 5.41) is 12.1.